The average molecular weight is 322 g/mol. The van der Waals surface area contributed by atoms with Crippen LogP contribution in [0.25, 0.3) is 10.9 Å². The number of carbonyl (C=O) groups is 1. The third-order valence-corrected chi connectivity index (χ3v) is 5.55. The van der Waals surface area contributed by atoms with Crippen molar-refractivity contribution in [2.75, 3.05) is 11.5 Å². The molecule has 3 rings (SSSR count). The molecule has 1 aromatic carbocycles. The Morgan fingerprint density at radius 2 is 2.14 bits per heavy atom. The van der Waals surface area contributed by atoms with Crippen molar-refractivity contribution in [1.29, 1.82) is 0 Å². The van der Waals surface area contributed by atoms with E-state index in [1.54, 1.807) is 19.1 Å². The van der Waals surface area contributed by atoms with Crippen molar-refractivity contribution in [2.24, 2.45) is 0 Å². The van der Waals surface area contributed by atoms with Gasteiger partial charge in [0, 0.05) is 17.5 Å². The first kappa shape index (κ1) is 14.9. The van der Waals surface area contributed by atoms with Crippen LogP contribution in [0.3, 0.4) is 0 Å². The second-order valence-corrected chi connectivity index (χ2v) is 7.76. The van der Waals surface area contributed by atoms with Crippen LogP contribution in [0.1, 0.15) is 22.5 Å². The normalized spacial score (nSPS) is 20.2. The van der Waals surface area contributed by atoms with Crippen molar-refractivity contribution < 1.29 is 17.6 Å². The third-order valence-electron chi connectivity index (χ3n) is 3.78. The van der Waals surface area contributed by atoms with Crippen LogP contribution in [0, 0.1) is 12.7 Å². The molecule has 1 aliphatic heterocycles. The lowest BCUT2D eigenvalue weighted by Crippen LogP contribution is -2.36. The summed E-state index contributed by atoms with van der Waals surface area (Å²) in [6, 6.07) is 5.47. The monoisotopic (exact) mass is 322 g/mol. The minimum Gasteiger partial charge on any atom is -0.348 e. The zero-order valence-corrected chi connectivity index (χ0v) is 12.8. The molecular weight excluding hydrogens is 307 g/mol. The minimum absolute atomic E-state index is 0.0238. The highest BCUT2D eigenvalue weighted by Gasteiger charge is 2.29. The van der Waals surface area contributed by atoms with E-state index < -0.39 is 9.84 Å². The van der Waals surface area contributed by atoms with Crippen molar-refractivity contribution in [3.63, 3.8) is 0 Å². The van der Waals surface area contributed by atoms with Gasteiger partial charge < -0.3 is 5.32 Å². The summed E-state index contributed by atoms with van der Waals surface area (Å²) < 4.78 is 36.1. The number of benzene rings is 1. The number of aromatic nitrogens is 1. The summed E-state index contributed by atoms with van der Waals surface area (Å²) in [4.78, 5) is 16.6. The predicted octanol–water partition coefficient (Wildman–Crippen LogP) is 1.60. The van der Waals surface area contributed by atoms with Gasteiger partial charge in [-0.05, 0) is 31.5 Å². The van der Waals surface area contributed by atoms with Crippen LogP contribution in [0.5, 0.6) is 0 Å². The Morgan fingerprint density at radius 3 is 2.82 bits per heavy atom. The maximum Gasteiger partial charge on any atom is 0.253 e. The fourth-order valence-electron chi connectivity index (χ4n) is 2.64. The van der Waals surface area contributed by atoms with Crippen molar-refractivity contribution >= 4 is 26.6 Å². The molecule has 0 unspecified atom stereocenters. The van der Waals surface area contributed by atoms with Gasteiger partial charge in [0.05, 0.1) is 28.3 Å². The van der Waals surface area contributed by atoms with Crippen LogP contribution in [-0.4, -0.2) is 36.9 Å². The highest BCUT2D eigenvalue weighted by Crippen LogP contribution is 2.19. The molecule has 0 spiro atoms. The quantitative estimate of drug-likeness (QED) is 0.911. The molecule has 0 radical (unpaired) electrons. The van der Waals surface area contributed by atoms with E-state index in [4.69, 9.17) is 0 Å². The SMILES string of the molecule is Cc1nc2cc(F)ccc2cc1C(=O)N[C@@H]1CCS(=O)(=O)C1. The number of carbonyl (C=O) groups excluding carboxylic acids is 1. The van der Waals surface area contributed by atoms with E-state index in [0.29, 0.717) is 28.6 Å². The van der Waals surface area contributed by atoms with E-state index >= 15 is 0 Å². The summed E-state index contributed by atoms with van der Waals surface area (Å²) in [6.07, 6.45) is 0.430. The van der Waals surface area contributed by atoms with E-state index in [-0.39, 0.29) is 29.3 Å². The van der Waals surface area contributed by atoms with Gasteiger partial charge in [0.1, 0.15) is 5.82 Å². The third kappa shape index (κ3) is 2.94. The van der Waals surface area contributed by atoms with E-state index in [0.717, 1.165) is 0 Å². The Kier molecular flexibility index (Phi) is 3.60. The fraction of sp³-hybridized carbons (Fsp3) is 0.333. The Labute approximate surface area is 127 Å². The van der Waals surface area contributed by atoms with E-state index in [9.17, 15) is 17.6 Å². The Hall–Kier alpha value is -2.02. The van der Waals surface area contributed by atoms with Crippen molar-refractivity contribution in [1.82, 2.24) is 10.3 Å². The average Bonchev–Trinajstić information content (AvgIpc) is 2.76. The minimum atomic E-state index is -3.04. The number of rotatable bonds is 2. The standard InChI is InChI=1S/C15H15FN2O3S/c1-9-13(6-10-2-3-11(16)7-14(10)17-9)15(19)18-12-4-5-22(20,21)8-12/h2-3,6-7,12H,4-5,8H2,1H3,(H,18,19)/t12-/m1/s1. The first-order chi connectivity index (χ1) is 10.3. The van der Waals surface area contributed by atoms with Crippen molar-refractivity contribution in [2.45, 2.75) is 19.4 Å². The van der Waals surface area contributed by atoms with Gasteiger partial charge >= 0.3 is 0 Å². The van der Waals surface area contributed by atoms with Gasteiger partial charge in [-0.15, -0.1) is 0 Å². The molecule has 1 atom stereocenters. The summed E-state index contributed by atoms with van der Waals surface area (Å²) in [5, 5.41) is 3.40. The van der Waals surface area contributed by atoms with Crippen LogP contribution < -0.4 is 5.32 Å². The molecule has 116 valence electrons. The van der Waals surface area contributed by atoms with Gasteiger partial charge in [-0.2, -0.15) is 0 Å². The molecule has 22 heavy (non-hydrogen) atoms. The number of nitrogens with zero attached hydrogens (tertiary/aromatic N) is 1. The van der Waals surface area contributed by atoms with Crippen LogP contribution in [0.2, 0.25) is 0 Å². The molecule has 1 aliphatic rings. The van der Waals surface area contributed by atoms with Crippen molar-refractivity contribution in [3.05, 3.63) is 41.3 Å². The largest absolute Gasteiger partial charge is 0.348 e. The van der Waals surface area contributed by atoms with Gasteiger partial charge in [-0.25, -0.2) is 12.8 Å². The van der Waals surface area contributed by atoms with E-state index in [1.165, 1.54) is 12.1 Å². The van der Waals surface area contributed by atoms with Gasteiger partial charge in [0.25, 0.3) is 5.91 Å². The zero-order chi connectivity index (χ0) is 15.9. The van der Waals surface area contributed by atoms with Crippen LogP contribution in [-0.2, 0) is 9.84 Å². The zero-order valence-electron chi connectivity index (χ0n) is 12.0. The highest BCUT2D eigenvalue weighted by atomic mass is 32.2. The first-order valence-corrected chi connectivity index (χ1v) is 8.74. The molecule has 2 heterocycles. The van der Waals surface area contributed by atoms with Crippen LogP contribution in [0.4, 0.5) is 4.39 Å². The summed E-state index contributed by atoms with van der Waals surface area (Å²) in [5.41, 5.74) is 1.34. The number of aryl methyl sites for hydroxylation is 1. The lowest BCUT2D eigenvalue weighted by Gasteiger charge is -2.12. The lowest BCUT2D eigenvalue weighted by atomic mass is 10.1. The number of pyridine rings is 1. The summed E-state index contributed by atoms with van der Waals surface area (Å²) in [5.74, 6) is -0.651. The molecule has 1 amide bonds. The number of sulfone groups is 1. The molecule has 5 nitrogen and oxygen atoms in total. The molecule has 1 saturated heterocycles. The maximum absolute atomic E-state index is 13.2. The molecular formula is C15H15FN2O3S. The van der Waals surface area contributed by atoms with Gasteiger partial charge in [-0.3, -0.25) is 9.78 Å². The molecule has 0 aliphatic carbocycles. The second-order valence-electron chi connectivity index (χ2n) is 5.53. The van der Waals surface area contributed by atoms with Crippen molar-refractivity contribution in [3.8, 4) is 0 Å². The number of hydrogen-bond donors (Lipinski definition) is 1. The second kappa shape index (κ2) is 5.31. The molecule has 7 heteroatoms. The smallest absolute Gasteiger partial charge is 0.253 e. The van der Waals surface area contributed by atoms with Crippen LogP contribution in [0.15, 0.2) is 24.3 Å². The number of hydrogen-bond acceptors (Lipinski definition) is 4. The Balaban J connectivity index is 1.88. The summed E-state index contributed by atoms with van der Waals surface area (Å²) in [6.45, 7) is 1.67. The Bertz CT molecular complexity index is 864. The number of nitrogens with one attached hydrogen (secondary N) is 1. The molecule has 0 bridgehead atoms. The number of amides is 1. The van der Waals surface area contributed by atoms with Crippen LogP contribution >= 0.6 is 0 Å². The molecule has 2 aromatic rings. The van der Waals surface area contributed by atoms with E-state index in [2.05, 4.69) is 10.3 Å². The topological polar surface area (TPSA) is 76.1 Å². The first-order valence-electron chi connectivity index (χ1n) is 6.92. The lowest BCUT2D eigenvalue weighted by molar-refractivity contribution is 0.0940. The highest BCUT2D eigenvalue weighted by molar-refractivity contribution is 7.91. The van der Waals surface area contributed by atoms with E-state index in [1.807, 2.05) is 0 Å². The summed E-state index contributed by atoms with van der Waals surface area (Å²) in [7, 11) is -3.04. The van der Waals surface area contributed by atoms with Gasteiger partial charge in [0.2, 0.25) is 0 Å². The Morgan fingerprint density at radius 1 is 1.36 bits per heavy atom. The summed E-state index contributed by atoms with van der Waals surface area (Å²) >= 11 is 0. The molecule has 1 aromatic heterocycles. The molecule has 1 N–H and O–H groups in total. The number of fused-ring (bicyclic) bond motifs is 1. The van der Waals surface area contributed by atoms with Gasteiger partial charge in [-0.1, -0.05) is 0 Å². The fourth-order valence-corrected chi connectivity index (χ4v) is 4.31. The van der Waals surface area contributed by atoms with Gasteiger partial charge in [0.15, 0.2) is 9.84 Å². The maximum atomic E-state index is 13.2. The molecule has 1 fully saturated rings. The molecule has 0 saturated carbocycles. The predicted molar refractivity (Wildman–Crippen MR) is 81.0 cm³/mol. The number of halogens is 1.